The molecule has 0 atom stereocenters. The molecule has 1 aliphatic heterocycles. The normalized spacial score (nSPS) is 15.5. The van der Waals surface area contributed by atoms with E-state index < -0.39 is 0 Å². The van der Waals surface area contributed by atoms with Gasteiger partial charge < -0.3 is 14.4 Å². The van der Waals surface area contributed by atoms with E-state index in [1.54, 1.807) is 12.3 Å². The van der Waals surface area contributed by atoms with Gasteiger partial charge in [0, 0.05) is 38.1 Å². The molecule has 0 bridgehead atoms. The van der Waals surface area contributed by atoms with E-state index in [2.05, 4.69) is 11.8 Å². The first kappa shape index (κ1) is 17.0. The molecule has 1 fully saturated rings. The molecule has 0 spiro atoms. The van der Waals surface area contributed by atoms with E-state index in [-0.39, 0.29) is 11.2 Å². The smallest absolute Gasteiger partial charge is 0.223 e. The fourth-order valence-electron chi connectivity index (χ4n) is 2.80. The molecule has 0 radical (unpaired) electrons. The van der Waals surface area contributed by atoms with E-state index in [0.717, 1.165) is 64.3 Å². The molecule has 1 saturated heterocycles. The first-order chi connectivity index (χ1) is 10.7. The molecule has 22 heavy (non-hydrogen) atoms. The molecule has 0 saturated carbocycles. The average Bonchev–Trinajstić information content (AvgIpc) is 3.00. The topological polar surface area (TPSA) is 54.7 Å². The summed E-state index contributed by atoms with van der Waals surface area (Å²) in [7, 11) is 0. The third-order valence-electron chi connectivity index (χ3n) is 4.11. The van der Waals surface area contributed by atoms with E-state index in [4.69, 9.17) is 4.74 Å². The zero-order chi connectivity index (χ0) is 15.8. The Kier molecular flexibility index (Phi) is 6.93. The molecule has 5 heteroatoms. The second-order valence-corrected chi connectivity index (χ2v) is 6.01. The summed E-state index contributed by atoms with van der Waals surface area (Å²) in [4.78, 5) is 14.1. The van der Waals surface area contributed by atoms with E-state index in [1.807, 2.05) is 4.57 Å². The van der Waals surface area contributed by atoms with Crippen LogP contribution in [0.25, 0.3) is 0 Å². The van der Waals surface area contributed by atoms with Gasteiger partial charge in [-0.2, -0.15) is 0 Å². The van der Waals surface area contributed by atoms with Crippen LogP contribution in [-0.4, -0.2) is 40.9 Å². The summed E-state index contributed by atoms with van der Waals surface area (Å²) in [5.74, 6) is -0.169. The number of nitrogens with zero attached hydrogens (tertiary/aromatic N) is 2. The fourth-order valence-corrected chi connectivity index (χ4v) is 2.80. The number of likely N-dealkylation sites (tertiary alicyclic amines) is 1. The van der Waals surface area contributed by atoms with Crippen molar-refractivity contribution in [1.29, 1.82) is 0 Å². The Hall–Kier alpha value is -1.33. The summed E-state index contributed by atoms with van der Waals surface area (Å²) in [6, 6.07) is 1.57. The maximum Gasteiger partial charge on any atom is 0.223 e. The molecular weight excluding hydrogens is 280 g/mol. The number of ether oxygens (including phenoxy) is 1. The van der Waals surface area contributed by atoms with Crippen LogP contribution >= 0.6 is 0 Å². The number of hydrogen-bond donors (Lipinski definition) is 1. The van der Waals surface area contributed by atoms with Gasteiger partial charge in [0.1, 0.15) is 0 Å². The summed E-state index contributed by atoms with van der Waals surface area (Å²) in [6.45, 7) is 7.42. The van der Waals surface area contributed by atoms with Crippen LogP contribution < -0.4 is 5.43 Å². The van der Waals surface area contributed by atoms with Crippen molar-refractivity contribution in [3.63, 3.8) is 0 Å². The molecule has 2 rings (SSSR count). The van der Waals surface area contributed by atoms with E-state index in [9.17, 15) is 9.90 Å². The Morgan fingerprint density at radius 1 is 1.23 bits per heavy atom. The Labute approximate surface area is 132 Å². The molecule has 0 aliphatic carbocycles. The maximum absolute atomic E-state index is 11.7. The largest absolute Gasteiger partial charge is 0.503 e. The maximum atomic E-state index is 11.7. The van der Waals surface area contributed by atoms with Crippen molar-refractivity contribution < 1.29 is 9.84 Å². The molecular formula is C17H28N2O3. The van der Waals surface area contributed by atoms with Gasteiger partial charge in [-0.3, -0.25) is 9.69 Å². The number of rotatable bonds is 9. The third-order valence-corrected chi connectivity index (χ3v) is 4.11. The van der Waals surface area contributed by atoms with Crippen molar-refractivity contribution in [3.8, 4) is 5.75 Å². The van der Waals surface area contributed by atoms with Crippen LogP contribution in [0.5, 0.6) is 5.75 Å². The number of aromatic nitrogens is 1. The van der Waals surface area contributed by atoms with Gasteiger partial charge >= 0.3 is 0 Å². The van der Waals surface area contributed by atoms with Crippen LogP contribution in [0.4, 0.5) is 0 Å². The van der Waals surface area contributed by atoms with Gasteiger partial charge in [-0.25, -0.2) is 0 Å². The van der Waals surface area contributed by atoms with E-state index in [0.29, 0.717) is 0 Å². The van der Waals surface area contributed by atoms with Crippen LogP contribution in [0.3, 0.4) is 0 Å². The Bertz CT molecular complexity index is 507. The predicted octanol–water partition coefficient (Wildman–Crippen LogP) is 2.36. The van der Waals surface area contributed by atoms with Gasteiger partial charge in [0.25, 0.3) is 0 Å². The third kappa shape index (κ3) is 5.14. The molecule has 0 amide bonds. The van der Waals surface area contributed by atoms with E-state index >= 15 is 0 Å². The monoisotopic (exact) mass is 308 g/mol. The van der Waals surface area contributed by atoms with Crippen molar-refractivity contribution in [2.45, 2.75) is 52.1 Å². The van der Waals surface area contributed by atoms with Crippen LogP contribution in [0.1, 0.15) is 44.7 Å². The Balaban J connectivity index is 1.92. The van der Waals surface area contributed by atoms with Gasteiger partial charge in [0.05, 0.1) is 6.20 Å². The lowest BCUT2D eigenvalue weighted by molar-refractivity contribution is 0.125. The van der Waals surface area contributed by atoms with E-state index in [1.165, 1.54) is 12.8 Å². The number of pyridine rings is 1. The summed E-state index contributed by atoms with van der Waals surface area (Å²) < 4.78 is 7.57. The van der Waals surface area contributed by atoms with Gasteiger partial charge in [-0.05, 0) is 38.8 Å². The lowest BCUT2D eigenvalue weighted by Gasteiger charge is -2.19. The lowest BCUT2D eigenvalue weighted by atomic mass is 10.2. The number of unbranched alkanes of at least 4 members (excludes halogenated alkanes) is 1. The van der Waals surface area contributed by atoms with Gasteiger partial charge in [0.2, 0.25) is 5.43 Å². The van der Waals surface area contributed by atoms with Gasteiger partial charge in [0.15, 0.2) is 5.75 Å². The summed E-state index contributed by atoms with van der Waals surface area (Å²) in [6.07, 6.45) is 7.16. The quantitative estimate of drug-likeness (QED) is 0.712. The molecule has 0 aromatic carbocycles. The minimum Gasteiger partial charge on any atom is -0.503 e. The van der Waals surface area contributed by atoms with Crippen molar-refractivity contribution in [2.75, 3.05) is 26.3 Å². The molecule has 2 heterocycles. The van der Waals surface area contributed by atoms with Crippen molar-refractivity contribution >= 4 is 0 Å². The molecule has 1 aromatic heterocycles. The van der Waals surface area contributed by atoms with Crippen LogP contribution in [0.2, 0.25) is 0 Å². The van der Waals surface area contributed by atoms with Crippen LogP contribution in [0, 0.1) is 0 Å². The number of hydrogen-bond acceptors (Lipinski definition) is 4. The highest BCUT2D eigenvalue weighted by molar-refractivity contribution is 5.20. The molecule has 1 aliphatic rings. The second kappa shape index (κ2) is 8.96. The number of aryl methyl sites for hydroxylation is 1. The molecule has 1 aromatic rings. The molecule has 1 N–H and O–H groups in total. The minimum atomic E-state index is -0.287. The average molecular weight is 308 g/mol. The lowest BCUT2D eigenvalue weighted by Crippen LogP contribution is -2.23. The Morgan fingerprint density at radius 3 is 2.68 bits per heavy atom. The first-order valence-corrected chi connectivity index (χ1v) is 8.43. The highest BCUT2D eigenvalue weighted by Crippen LogP contribution is 2.14. The molecule has 124 valence electrons. The van der Waals surface area contributed by atoms with Gasteiger partial charge in [-0.1, -0.05) is 13.3 Å². The van der Waals surface area contributed by atoms with Crippen LogP contribution in [0.15, 0.2) is 17.1 Å². The standard InChI is InChI=1S/C17H28N2O3/c1-2-3-10-22-11-6-9-19-14-17(21)16(20)12-15(19)13-18-7-4-5-8-18/h12,14,21H,2-11,13H2,1H3. The molecule has 0 unspecified atom stereocenters. The highest BCUT2D eigenvalue weighted by Gasteiger charge is 2.14. The van der Waals surface area contributed by atoms with Crippen molar-refractivity contribution in [2.24, 2.45) is 0 Å². The first-order valence-electron chi connectivity index (χ1n) is 8.43. The predicted molar refractivity (Wildman–Crippen MR) is 87.2 cm³/mol. The van der Waals surface area contributed by atoms with Crippen molar-refractivity contribution in [3.05, 3.63) is 28.2 Å². The zero-order valence-electron chi connectivity index (χ0n) is 13.6. The van der Waals surface area contributed by atoms with Gasteiger partial charge in [-0.15, -0.1) is 0 Å². The number of aromatic hydroxyl groups is 1. The highest BCUT2D eigenvalue weighted by atomic mass is 16.5. The summed E-state index contributed by atoms with van der Waals surface area (Å²) in [5, 5.41) is 9.68. The second-order valence-electron chi connectivity index (χ2n) is 6.01. The molecule has 5 nitrogen and oxygen atoms in total. The fraction of sp³-hybridized carbons (Fsp3) is 0.706. The summed E-state index contributed by atoms with van der Waals surface area (Å²) in [5.41, 5.74) is 0.697. The zero-order valence-corrected chi connectivity index (χ0v) is 13.6. The minimum absolute atomic E-state index is 0.169. The summed E-state index contributed by atoms with van der Waals surface area (Å²) >= 11 is 0. The Morgan fingerprint density at radius 2 is 1.95 bits per heavy atom. The SMILES string of the molecule is CCCCOCCCn1cc(O)c(=O)cc1CN1CCCC1. The van der Waals surface area contributed by atoms with Crippen molar-refractivity contribution in [1.82, 2.24) is 9.47 Å². The van der Waals surface area contributed by atoms with Crippen LogP contribution in [-0.2, 0) is 17.8 Å².